The SMILES string of the molecule is COc1cccc2sc(NC3CC3)nc12. The number of fused-ring (bicyclic) bond motifs is 1. The van der Waals surface area contributed by atoms with E-state index in [0.717, 1.165) is 16.4 Å². The average Bonchev–Trinajstić information content (AvgIpc) is 2.95. The van der Waals surface area contributed by atoms with Gasteiger partial charge in [0.05, 0.1) is 11.8 Å². The number of ether oxygens (including phenoxy) is 1. The third kappa shape index (κ3) is 1.65. The van der Waals surface area contributed by atoms with Crippen LogP contribution in [0.4, 0.5) is 5.13 Å². The van der Waals surface area contributed by atoms with Crippen molar-refractivity contribution >= 4 is 26.7 Å². The number of nitrogens with one attached hydrogen (secondary N) is 1. The van der Waals surface area contributed by atoms with E-state index in [1.165, 1.54) is 17.5 Å². The number of thiazole rings is 1. The zero-order valence-corrected chi connectivity index (χ0v) is 9.30. The molecule has 2 aromatic rings. The Balaban J connectivity index is 2.03. The van der Waals surface area contributed by atoms with Crippen LogP contribution in [0.2, 0.25) is 0 Å². The minimum atomic E-state index is 0.650. The minimum Gasteiger partial charge on any atom is -0.494 e. The largest absolute Gasteiger partial charge is 0.494 e. The molecule has 3 nitrogen and oxygen atoms in total. The van der Waals surface area contributed by atoms with Crippen molar-refractivity contribution < 1.29 is 4.74 Å². The number of methoxy groups -OCH3 is 1. The lowest BCUT2D eigenvalue weighted by molar-refractivity contribution is 0.419. The first kappa shape index (κ1) is 8.97. The normalized spacial score (nSPS) is 15.5. The molecule has 15 heavy (non-hydrogen) atoms. The molecule has 0 aliphatic heterocycles. The second kappa shape index (κ2) is 3.38. The van der Waals surface area contributed by atoms with Gasteiger partial charge >= 0.3 is 0 Å². The Hall–Kier alpha value is -1.29. The van der Waals surface area contributed by atoms with E-state index in [0.29, 0.717) is 6.04 Å². The van der Waals surface area contributed by atoms with Crippen molar-refractivity contribution in [3.05, 3.63) is 18.2 Å². The highest BCUT2D eigenvalue weighted by atomic mass is 32.1. The lowest BCUT2D eigenvalue weighted by Gasteiger charge is -1.98. The molecule has 1 aliphatic rings. The summed E-state index contributed by atoms with van der Waals surface area (Å²) in [5.41, 5.74) is 0.966. The molecule has 0 saturated heterocycles. The van der Waals surface area contributed by atoms with Crippen LogP contribution in [-0.4, -0.2) is 18.1 Å². The molecule has 0 radical (unpaired) electrons. The molecule has 0 spiro atoms. The minimum absolute atomic E-state index is 0.650. The number of hydrogen-bond acceptors (Lipinski definition) is 4. The van der Waals surface area contributed by atoms with Gasteiger partial charge in [0.2, 0.25) is 0 Å². The van der Waals surface area contributed by atoms with Crippen LogP contribution in [0.1, 0.15) is 12.8 Å². The zero-order chi connectivity index (χ0) is 10.3. The van der Waals surface area contributed by atoms with E-state index in [2.05, 4.69) is 16.4 Å². The van der Waals surface area contributed by atoms with Gasteiger partial charge in [0.1, 0.15) is 11.3 Å². The van der Waals surface area contributed by atoms with Crippen molar-refractivity contribution in [2.75, 3.05) is 12.4 Å². The summed E-state index contributed by atoms with van der Waals surface area (Å²) in [6.07, 6.45) is 2.54. The zero-order valence-electron chi connectivity index (χ0n) is 8.49. The van der Waals surface area contributed by atoms with Crippen LogP contribution in [0.25, 0.3) is 10.2 Å². The Kier molecular flexibility index (Phi) is 2.02. The van der Waals surface area contributed by atoms with Gasteiger partial charge < -0.3 is 10.1 Å². The molecular formula is C11H12N2OS. The first-order chi connectivity index (χ1) is 7.36. The van der Waals surface area contributed by atoms with E-state index in [1.807, 2.05) is 12.1 Å². The van der Waals surface area contributed by atoms with Gasteiger partial charge in [-0.15, -0.1) is 0 Å². The maximum absolute atomic E-state index is 5.28. The monoisotopic (exact) mass is 220 g/mol. The molecular weight excluding hydrogens is 208 g/mol. The summed E-state index contributed by atoms with van der Waals surface area (Å²) in [7, 11) is 1.68. The first-order valence-electron chi connectivity index (χ1n) is 5.07. The molecule has 1 fully saturated rings. The first-order valence-corrected chi connectivity index (χ1v) is 5.88. The molecule has 3 rings (SSSR count). The van der Waals surface area contributed by atoms with E-state index in [9.17, 15) is 0 Å². The molecule has 1 N–H and O–H groups in total. The number of anilines is 1. The Morgan fingerprint density at radius 1 is 1.47 bits per heavy atom. The van der Waals surface area contributed by atoms with Gasteiger partial charge in [0, 0.05) is 6.04 Å². The van der Waals surface area contributed by atoms with Gasteiger partial charge in [-0.25, -0.2) is 4.98 Å². The number of rotatable bonds is 3. The summed E-state index contributed by atoms with van der Waals surface area (Å²) >= 11 is 1.69. The average molecular weight is 220 g/mol. The van der Waals surface area contributed by atoms with Crippen molar-refractivity contribution in [3.63, 3.8) is 0 Å². The van der Waals surface area contributed by atoms with Crippen molar-refractivity contribution in [3.8, 4) is 5.75 Å². The van der Waals surface area contributed by atoms with Crippen LogP contribution >= 0.6 is 11.3 Å². The molecule has 4 heteroatoms. The van der Waals surface area contributed by atoms with E-state index in [4.69, 9.17) is 4.74 Å². The van der Waals surface area contributed by atoms with Gasteiger partial charge in [-0.3, -0.25) is 0 Å². The molecule has 0 unspecified atom stereocenters. The highest BCUT2D eigenvalue weighted by Gasteiger charge is 2.22. The third-order valence-corrected chi connectivity index (χ3v) is 3.46. The van der Waals surface area contributed by atoms with Crippen molar-refractivity contribution in [2.24, 2.45) is 0 Å². The second-order valence-corrected chi connectivity index (χ2v) is 4.78. The highest BCUT2D eigenvalue weighted by Crippen LogP contribution is 2.34. The lowest BCUT2D eigenvalue weighted by Crippen LogP contribution is -1.99. The molecule has 1 saturated carbocycles. The highest BCUT2D eigenvalue weighted by molar-refractivity contribution is 7.22. The summed E-state index contributed by atoms with van der Waals surface area (Å²) in [6, 6.07) is 6.67. The van der Waals surface area contributed by atoms with E-state index >= 15 is 0 Å². The Bertz CT molecular complexity index is 490. The number of benzene rings is 1. The molecule has 78 valence electrons. The van der Waals surface area contributed by atoms with Crippen LogP contribution in [0, 0.1) is 0 Å². The predicted octanol–water partition coefficient (Wildman–Crippen LogP) is 2.88. The Morgan fingerprint density at radius 3 is 3.07 bits per heavy atom. The van der Waals surface area contributed by atoms with Crippen LogP contribution in [-0.2, 0) is 0 Å². The number of para-hydroxylation sites is 1. The van der Waals surface area contributed by atoms with Crippen molar-refractivity contribution in [2.45, 2.75) is 18.9 Å². The number of nitrogens with zero attached hydrogens (tertiary/aromatic N) is 1. The lowest BCUT2D eigenvalue weighted by atomic mass is 10.3. The second-order valence-electron chi connectivity index (χ2n) is 3.74. The Morgan fingerprint density at radius 2 is 2.33 bits per heavy atom. The van der Waals surface area contributed by atoms with Gasteiger partial charge in [-0.1, -0.05) is 17.4 Å². The molecule has 0 bridgehead atoms. The maximum atomic E-state index is 5.28. The van der Waals surface area contributed by atoms with E-state index < -0.39 is 0 Å². The molecule has 1 aliphatic carbocycles. The van der Waals surface area contributed by atoms with Crippen LogP contribution in [0.15, 0.2) is 18.2 Å². The molecule has 0 amide bonds. The topological polar surface area (TPSA) is 34.1 Å². The molecule has 1 aromatic carbocycles. The molecule has 0 atom stereocenters. The molecule has 1 heterocycles. The van der Waals surface area contributed by atoms with Crippen molar-refractivity contribution in [1.82, 2.24) is 4.98 Å². The molecule has 1 aromatic heterocycles. The van der Waals surface area contributed by atoms with Crippen molar-refractivity contribution in [1.29, 1.82) is 0 Å². The van der Waals surface area contributed by atoms with Gasteiger partial charge in [-0.2, -0.15) is 0 Å². The van der Waals surface area contributed by atoms with Crippen LogP contribution in [0.5, 0.6) is 5.75 Å². The van der Waals surface area contributed by atoms with Crippen LogP contribution in [0.3, 0.4) is 0 Å². The summed E-state index contributed by atoms with van der Waals surface area (Å²) in [5.74, 6) is 0.854. The Labute approximate surface area is 92.1 Å². The van der Waals surface area contributed by atoms with E-state index in [1.54, 1.807) is 18.4 Å². The summed E-state index contributed by atoms with van der Waals surface area (Å²) in [4.78, 5) is 4.55. The quantitative estimate of drug-likeness (QED) is 0.863. The smallest absolute Gasteiger partial charge is 0.184 e. The number of hydrogen-bond donors (Lipinski definition) is 1. The van der Waals surface area contributed by atoms with Gasteiger partial charge in [0.15, 0.2) is 5.13 Å². The maximum Gasteiger partial charge on any atom is 0.184 e. The standard InChI is InChI=1S/C11H12N2OS/c1-14-8-3-2-4-9-10(8)13-11(15-9)12-7-5-6-7/h2-4,7H,5-6H2,1H3,(H,12,13). The number of aromatic nitrogens is 1. The summed E-state index contributed by atoms with van der Waals surface area (Å²) in [6.45, 7) is 0. The van der Waals surface area contributed by atoms with E-state index in [-0.39, 0.29) is 0 Å². The van der Waals surface area contributed by atoms with Gasteiger partial charge in [0.25, 0.3) is 0 Å². The fourth-order valence-corrected chi connectivity index (χ4v) is 2.51. The summed E-state index contributed by atoms with van der Waals surface area (Å²) < 4.78 is 6.46. The predicted molar refractivity (Wildman–Crippen MR) is 62.8 cm³/mol. The third-order valence-electron chi connectivity index (χ3n) is 2.51. The van der Waals surface area contributed by atoms with Crippen LogP contribution < -0.4 is 10.1 Å². The van der Waals surface area contributed by atoms with Gasteiger partial charge in [-0.05, 0) is 25.0 Å². The fraction of sp³-hybridized carbons (Fsp3) is 0.364. The fourth-order valence-electron chi connectivity index (χ4n) is 1.55. The summed E-state index contributed by atoms with van der Waals surface area (Å²) in [5, 5.41) is 4.42.